The SMILES string of the molecule is CCNC(=O)CC1N=C(c2ccccc2)c2ccccc2-c2c(C)noc21. The zero-order chi connectivity index (χ0) is 18.8. The second-order valence-corrected chi connectivity index (χ2v) is 6.57. The molecule has 1 atom stereocenters. The van der Waals surface area contributed by atoms with E-state index in [4.69, 9.17) is 9.52 Å². The number of aliphatic imine (C=N–C) groups is 1. The van der Waals surface area contributed by atoms with Crippen LogP contribution in [0.5, 0.6) is 0 Å². The number of hydrogen-bond acceptors (Lipinski definition) is 4. The first-order valence-corrected chi connectivity index (χ1v) is 9.15. The van der Waals surface area contributed by atoms with Crippen molar-refractivity contribution in [2.45, 2.75) is 26.3 Å². The number of hydrogen-bond donors (Lipinski definition) is 1. The molecule has 2 heterocycles. The summed E-state index contributed by atoms with van der Waals surface area (Å²) in [4.78, 5) is 17.3. The lowest BCUT2D eigenvalue weighted by molar-refractivity contribution is -0.121. The summed E-state index contributed by atoms with van der Waals surface area (Å²) in [7, 11) is 0. The summed E-state index contributed by atoms with van der Waals surface area (Å²) in [6.45, 7) is 4.42. The van der Waals surface area contributed by atoms with E-state index in [0.717, 1.165) is 33.7 Å². The van der Waals surface area contributed by atoms with Crippen molar-refractivity contribution in [3.8, 4) is 11.1 Å². The molecule has 0 bridgehead atoms. The summed E-state index contributed by atoms with van der Waals surface area (Å²) in [5.74, 6) is 0.599. The summed E-state index contributed by atoms with van der Waals surface area (Å²) in [5.41, 5.74) is 5.69. The van der Waals surface area contributed by atoms with Gasteiger partial charge in [0.05, 0.1) is 23.4 Å². The van der Waals surface area contributed by atoms with E-state index < -0.39 is 6.04 Å². The van der Waals surface area contributed by atoms with E-state index in [9.17, 15) is 4.79 Å². The fraction of sp³-hybridized carbons (Fsp3) is 0.227. The van der Waals surface area contributed by atoms with Crippen LogP contribution in [0.15, 0.2) is 64.1 Å². The van der Waals surface area contributed by atoms with Gasteiger partial charge in [0.25, 0.3) is 0 Å². The molecule has 3 aromatic rings. The first-order chi connectivity index (χ1) is 13.2. The van der Waals surface area contributed by atoms with Gasteiger partial charge in [-0.25, -0.2) is 0 Å². The molecule has 1 amide bonds. The molecule has 0 saturated heterocycles. The summed E-state index contributed by atoms with van der Waals surface area (Å²) in [6.07, 6.45) is 0.222. The van der Waals surface area contributed by atoms with Crippen molar-refractivity contribution in [3.05, 3.63) is 77.2 Å². The van der Waals surface area contributed by atoms with E-state index in [-0.39, 0.29) is 12.3 Å². The molecule has 0 fully saturated rings. The molecular formula is C22H21N3O2. The molecule has 1 aliphatic heterocycles. The van der Waals surface area contributed by atoms with Crippen LogP contribution in [0.4, 0.5) is 0 Å². The fourth-order valence-electron chi connectivity index (χ4n) is 3.54. The Labute approximate surface area is 158 Å². The number of benzene rings is 2. The molecule has 0 aliphatic carbocycles. The van der Waals surface area contributed by atoms with Gasteiger partial charge < -0.3 is 9.84 Å². The third-order valence-corrected chi connectivity index (χ3v) is 4.73. The second-order valence-electron chi connectivity index (χ2n) is 6.57. The predicted octanol–water partition coefficient (Wildman–Crippen LogP) is 4.07. The average Bonchev–Trinajstić information content (AvgIpc) is 3.01. The molecule has 136 valence electrons. The van der Waals surface area contributed by atoms with Crippen LogP contribution in [0, 0.1) is 6.92 Å². The number of rotatable bonds is 4. The summed E-state index contributed by atoms with van der Waals surface area (Å²) in [5, 5.41) is 7.02. The van der Waals surface area contributed by atoms with Gasteiger partial charge in [-0.1, -0.05) is 59.8 Å². The Hall–Kier alpha value is -3.21. The normalized spacial score (nSPS) is 15.3. The maximum atomic E-state index is 12.3. The average molecular weight is 359 g/mol. The molecule has 5 nitrogen and oxygen atoms in total. The minimum Gasteiger partial charge on any atom is -0.358 e. The van der Waals surface area contributed by atoms with E-state index >= 15 is 0 Å². The van der Waals surface area contributed by atoms with Crippen molar-refractivity contribution < 1.29 is 9.32 Å². The Balaban J connectivity index is 1.93. The molecule has 1 aromatic heterocycles. The van der Waals surface area contributed by atoms with Gasteiger partial charge in [-0.05, 0) is 19.4 Å². The molecule has 0 saturated carbocycles. The summed E-state index contributed by atoms with van der Waals surface area (Å²) >= 11 is 0. The molecule has 1 aliphatic rings. The van der Waals surface area contributed by atoms with Crippen LogP contribution < -0.4 is 5.32 Å². The van der Waals surface area contributed by atoms with Gasteiger partial charge in [0, 0.05) is 17.7 Å². The highest BCUT2D eigenvalue weighted by Crippen LogP contribution is 2.40. The topological polar surface area (TPSA) is 67.5 Å². The minimum absolute atomic E-state index is 0.0513. The third-order valence-electron chi connectivity index (χ3n) is 4.73. The monoisotopic (exact) mass is 359 g/mol. The zero-order valence-electron chi connectivity index (χ0n) is 15.4. The van der Waals surface area contributed by atoms with Crippen molar-refractivity contribution in [2.24, 2.45) is 4.99 Å². The number of fused-ring (bicyclic) bond motifs is 3. The van der Waals surface area contributed by atoms with Crippen molar-refractivity contribution in [1.82, 2.24) is 10.5 Å². The van der Waals surface area contributed by atoms with Crippen LogP contribution in [0.2, 0.25) is 0 Å². The zero-order valence-corrected chi connectivity index (χ0v) is 15.4. The third kappa shape index (κ3) is 3.16. The molecule has 1 N–H and O–H groups in total. The van der Waals surface area contributed by atoms with Gasteiger partial charge in [-0.3, -0.25) is 9.79 Å². The van der Waals surface area contributed by atoms with Crippen LogP contribution in [0.1, 0.15) is 42.0 Å². The number of nitrogens with one attached hydrogen (secondary N) is 1. The Morgan fingerprint density at radius 3 is 2.52 bits per heavy atom. The number of amides is 1. The van der Waals surface area contributed by atoms with E-state index in [1.54, 1.807) is 0 Å². The Morgan fingerprint density at radius 2 is 1.78 bits per heavy atom. The van der Waals surface area contributed by atoms with Gasteiger partial charge >= 0.3 is 0 Å². The minimum atomic E-state index is -0.421. The second kappa shape index (κ2) is 7.19. The van der Waals surface area contributed by atoms with E-state index in [0.29, 0.717) is 12.3 Å². The molecule has 4 rings (SSSR count). The van der Waals surface area contributed by atoms with Crippen LogP contribution in [-0.2, 0) is 4.79 Å². The molecular weight excluding hydrogens is 338 g/mol. The maximum Gasteiger partial charge on any atom is 0.222 e. The summed E-state index contributed by atoms with van der Waals surface area (Å²) < 4.78 is 5.66. The number of carbonyl (C=O) groups excluding carboxylic acids is 1. The van der Waals surface area contributed by atoms with Gasteiger partial charge in [0.15, 0.2) is 5.76 Å². The highest BCUT2D eigenvalue weighted by atomic mass is 16.5. The van der Waals surface area contributed by atoms with Gasteiger partial charge in [-0.15, -0.1) is 0 Å². The standard InChI is InChI=1S/C22H21N3O2/c1-3-23-19(26)13-18-22-20(14(2)25-27-22)16-11-7-8-12-17(16)21(24-18)15-9-5-4-6-10-15/h4-12,18H,3,13H2,1-2H3,(H,23,26). The number of aryl methyl sites for hydroxylation is 1. The van der Waals surface area contributed by atoms with Gasteiger partial charge in [-0.2, -0.15) is 0 Å². The highest BCUT2D eigenvalue weighted by Gasteiger charge is 2.31. The lowest BCUT2D eigenvalue weighted by atomic mass is 9.93. The maximum absolute atomic E-state index is 12.3. The number of nitrogens with zero attached hydrogens (tertiary/aromatic N) is 2. The largest absolute Gasteiger partial charge is 0.358 e. The molecule has 0 radical (unpaired) electrons. The lowest BCUT2D eigenvalue weighted by Gasteiger charge is -2.12. The Bertz CT molecular complexity index is 1010. The fourth-order valence-corrected chi connectivity index (χ4v) is 3.54. The highest BCUT2D eigenvalue weighted by molar-refractivity contribution is 6.17. The molecule has 1 unspecified atom stereocenters. The van der Waals surface area contributed by atoms with E-state index in [1.807, 2.05) is 56.3 Å². The number of carbonyl (C=O) groups is 1. The van der Waals surface area contributed by atoms with Crippen LogP contribution in [0.25, 0.3) is 11.1 Å². The van der Waals surface area contributed by atoms with Gasteiger partial charge in [0.2, 0.25) is 5.91 Å². The van der Waals surface area contributed by atoms with E-state index in [1.165, 1.54) is 0 Å². The molecule has 5 heteroatoms. The molecule has 0 spiro atoms. The van der Waals surface area contributed by atoms with Crippen molar-refractivity contribution in [1.29, 1.82) is 0 Å². The van der Waals surface area contributed by atoms with Crippen molar-refractivity contribution >= 4 is 11.6 Å². The van der Waals surface area contributed by atoms with Crippen molar-refractivity contribution in [2.75, 3.05) is 6.54 Å². The predicted molar refractivity (Wildman–Crippen MR) is 105 cm³/mol. The van der Waals surface area contributed by atoms with E-state index in [2.05, 4.69) is 22.6 Å². The lowest BCUT2D eigenvalue weighted by Crippen LogP contribution is -2.24. The summed E-state index contributed by atoms with van der Waals surface area (Å²) in [6, 6.07) is 17.8. The van der Waals surface area contributed by atoms with Crippen LogP contribution in [-0.4, -0.2) is 23.3 Å². The quantitative estimate of drug-likeness (QED) is 0.763. The van der Waals surface area contributed by atoms with Crippen LogP contribution >= 0.6 is 0 Å². The Morgan fingerprint density at radius 1 is 1.07 bits per heavy atom. The van der Waals surface area contributed by atoms with Crippen molar-refractivity contribution in [3.63, 3.8) is 0 Å². The molecule has 2 aromatic carbocycles. The first-order valence-electron chi connectivity index (χ1n) is 9.15. The Kier molecular flexibility index (Phi) is 4.59. The van der Waals surface area contributed by atoms with Gasteiger partial charge in [0.1, 0.15) is 6.04 Å². The smallest absolute Gasteiger partial charge is 0.222 e. The number of aromatic nitrogens is 1. The first kappa shape index (κ1) is 17.2. The molecule has 27 heavy (non-hydrogen) atoms. The van der Waals surface area contributed by atoms with Crippen LogP contribution in [0.3, 0.4) is 0 Å².